The fraction of sp³-hybridized carbons (Fsp3) is 0.529. The molecule has 0 bridgehead atoms. The minimum Gasteiger partial charge on any atom is -0.478 e. The van der Waals surface area contributed by atoms with E-state index < -0.39 is 6.10 Å². The molecular formula is C17H22BrNO5. The molecule has 6 nitrogen and oxygen atoms in total. The highest BCUT2D eigenvalue weighted by molar-refractivity contribution is 9.10. The number of hydrogen-bond acceptors (Lipinski definition) is 6. The summed E-state index contributed by atoms with van der Waals surface area (Å²) in [6.07, 6.45) is -0.417. The van der Waals surface area contributed by atoms with Gasteiger partial charge in [-0.05, 0) is 38.5 Å². The van der Waals surface area contributed by atoms with Gasteiger partial charge in [-0.3, -0.25) is 0 Å². The maximum Gasteiger partial charge on any atom is 0.347 e. The molecular weight excluding hydrogens is 378 g/mol. The first-order valence-corrected chi connectivity index (χ1v) is 8.84. The van der Waals surface area contributed by atoms with Crippen LogP contribution in [0.3, 0.4) is 0 Å². The average molecular weight is 400 g/mol. The smallest absolute Gasteiger partial charge is 0.347 e. The van der Waals surface area contributed by atoms with E-state index in [1.807, 2.05) is 26.0 Å². The number of ether oxygens (including phenoxy) is 3. The molecule has 0 saturated heterocycles. The SMILES string of the molecule is CCOC(=O)[C@H](CC)Oc1ccc(Br)cc1C1=NOCC1OCC. The third kappa shape index (κ3) is 4.48. The number of esters is 1. The Balaban J connectivity index is 2.29. The number of hydrogen-bond donors (Lipinski definition) is 0. The van der Waals surface area contributed by atoms with Crippen molar-refractivity contribution in [3.8, 4) is 5.75 Å². The van der Waals surface area contributed by atoms with Gasteiger partial charge in [0, 0.05) is 16.6 Å². The number of carbonyl (C=O) groups is 1. The van der Waals surface area contributed by atoms with E-state index in [4.69, 9.17) is 19.0 Å². The van der Waals surface area contributed by atoms with Crippen molar-refractivity contribution >= 4 is 27.6 Å². The van der Waals surface area contributed by atoms with Gasteiger partial charge in [-0.2, -0.15) is 0 Å². The molecule has 1 aliphatic rings. The van der Waals surface area contributed by atoms with Gasteiger partial charge in [0.25, 0.3) is 0 Å². The van der Waals surface area contributed by atoms with E-state index in [9.17, 15) is 4.79 Å². The summed E-state index contributed by atoms with van der Waals surface area (Å²) in [6, 6.07) is 5.53. The lowest BCUT2D eigenvalue weighted by Gasteiger charge is -2.19. The number of benzene rings is 1. The molecule has 1 aliphatic heterocycles. The van der Waals surface area contributed by atoms with Crippen molar-refractivity contribution in [1.82, 2.24) is 0 Å². The zero-order chi connectivity index (χ0) is 17.5. The molecule has 1 aromatic carbocycles. The maximum atomic E-state index is 12.0. The summed E-state index contributed by atoms with van der Waals surface area (Å²) in [4.78, 5) is 17.2. The van der Waals surface area contributed by atoms with Gasteiger partial charge in [0.2, 0.25) is 0 Å². The highest BCUT2D eigenvalue weighted by Gasteiger charge is 2.29. The number of halogens is 1. The number of oxime groups is 1. The molecule has 1 heterocycles. The Morgan fingerprint density at radius 2 is 2.17 bits per heavy atom. The molecule has 7 heteroatoms. The lowest BCUT2D eigenvalue weighted by atomic mass is 10.0. The minimum absolute atomic E-state index is 0.255. The molecule has 2 rings (SSSR count). The number of rotatable bonds is 8. The first-order chi connectivity index (χ1) is 11.6. The number of nitrogens with zero attached hydrogens (tertiary/aromatic N) is 1. The van der Waals surface area contributed by atoms with Gasteiger partial charge in [0.05, 0.1) is 6.61 Å². The van der Waals surface area contributed by atoms with Crippen LogP contribution in [0.4, 0.5) is 0 Å². The molecule has 0 aromatic heterocycles. The molecule has 132 valence electrons. The van der Waals surface area contributed by atoms with Crippen LogP contribution in [-0.2, 0) is 19.1 Å². The first kappa shape index (κ1) is 18.7. The van der Waals surface area contributed by atoms with E-state index in [-0.39, 0.29) is 12.1 Å². The van der Waals surface area contributed by atoms with Crippen molar-refractivity contribution in [3.05, 3.63) is 28.2 Å². The van der Waals surface area contributed by atoms with Crippen molar-refractivity contribution in [2.75, 3.05) is 19.8 Å². The standard InChI is InChI=1S/C17H22BrNO5/c1-4-13(17(20)22-6-3)24-14-8-7-11(18)9-12(14)16-15(21-5-2)10-23-19-16/h7-9,13,15H,4-6,10H2,1-3H3/t13-,15?/m0/s1. The van der Waals surface area contributed by atoms with Gasteiger partial charge in [0.1, 0.15) is 24.2 Å². The summed E-state index contributed by atoms with van der Waals surface area (Å²) >= 11 is 3.46. The molecule has 1 aromatic rings. The fourth-order valence-electron chi connectivity index (χ4n) is 2.35. The second kappa shape index (κ2) is 9.03. The summed E-state index contributed by atoms with van der Waals surface area (Å²) in [5, 5.41) is 4.10. The Morgan fingerprint density at radius 3 is 2.83 bits per heavy atom. The van der Waals surface area contributed by atoms with Crippen LogP contribution in [-0.4, -0.2) is 43.7 Å². The second-order valence-electron chi connectivity index (χ2n) is 5.12. The molecule has 0 saturated carbocycles. The average Bonchev–Trinajstić information content (AvgIpc) is 3.02. The third-order valence-electron chi connectivity index (χ3n) is 3.47. The molecule has 2 atom stereocenters. The maximum absolute atomic E-state index is 12.0. The van der Waals surface area contributed by atoms with Gasteiger partial charge in [-0.25, -0.2) is 4.79 Å². The summed E-state index contributed by atoms with van der Waals surface area (Å²) in [5.74, 6) is 0.173. The van der Waals surface area contributed by atoms with Crippen molar-refractivity contribution in [3.63, 3.8) is 0 Å². The Hall–Kier alpha value is -1.60. The normalized spacial score (nSPS) is 17.8. The van der Waals surface area contributed by atoms with Gasteiger partial charge in [0.15, 0.2) is 6.10 Å². The van der Waals surface area contributed by atoms with Gasteiger partial charge < -0.3 is 19.0 Å². The topological polar surface area (TPSA) is 66.4 Å². The van der Waals surface area contributed by atoms with Crippen molar-refractivity contribution < 1.29 is 23.8 Å². The molecule has 0 amide bonds. The largest absolute Gasteiger partial charge is 0.478 e. The predicted molar refractivity (Wildman–Crippen MR) is 93.4 cm³/mol. The van der Waals surface area contributed by atoms with Crippen molar-refractivity contribution in [2.45, 2.75) is 39.4 Å². The van der Waals surface area contributed by atoms with Gasteiger partial charge in [-0.15, -0.1) is 0 Å². The molecule has 1 unspecified atom stereocenters. The number of carbonyl (C=O) groups excluding carboxylic acids is 1. The van der Waals surface area contributed by atoms with Crippen LogP contribution in [0.5, 0.6) is 5.75 Å². The van der Waals surface area contributed by atoms with Crippen LogP contribution in [0.2, 0.25) is 0 Å². The van der Waals surface area contributed by atoms with Crippen LogP contribution < -0.4 is 4.74 Å². The van der Waals surface area contributed by atoms with Gasteiger partial charge >= 0.3 is 5.97 Å². The third-order valence-corrected chi connectivity index (χ3v) is 3.96. The van der Waals surface area contributed by atoms with Crippen LogP contribution in [0.1, 0.15) is 32.8 Å². The Kier molecular flexibility index (Phi) is 7.05. The molecule has 0 aliphatic carbocycles. The van der Waals surface area contributed by atoms with E-state index in [1.54, 1.807) is 13.0 Å². The quantitative estimate of drug-likeness (QED) is 0.627. The first-order valence-electron chi connectivity index (χ1n) is 8.05. The molecule has 0 fully saturated rings. The van der Waals surface area contributed by atoms with Crippen molar-refractivity contribution in [2.24, 2.45) is 5.16 Å². The van der Waals surface area contributed by atoms with E-state index in [1.165, 1.54) is 0 Å². The lowest BCUT2D eigenvalue weighted by Crippen LogP contribution is -2.30. The van der Waals surface area contributed by atoms with E-state index >= 15 is 0 Å². The van der Waals surface area contributed by atoms with Crippen molar-refractivity contribution in [1.29, 1.82) is 0 Å². The summed E-state index contributed by atoms with van der Waals surface area (Å²) in [6.45, 7) is 6.80. The molecule has 0 N–H and O–H groups in total. The highest BCUT2D eigenvalue weighted by Crippen LogP contribution is 2.29. The summed E-state index contributed by atoms with van der Waals surface area (Å²) in [5.41, 5.74) is 1.40. The summed E-state index contributed by atoms with van der Waals surface area (Å²) < 4.78 is 17.5. The van der Waals surface area contributed by atoms with E-state index in [2.05, 4.69) is 21.1 Å². The lowest BCUT2D eigenvalue weighted by molar-refractivity contribution is -0.151. The Bertz CT molecular complexity index is 605. The fourth-order valence-corrected chi connectivity index (χ4v) is 2.72. The highest BCUT2D eigenvalue weighted by atomic mass is 79.9. The zero-order valence-electron chi connectivity index (χ0n) is 14.1. The second-order valence-corrected chi connectivity index (χ2v) is 6.04. The molecule has 0 spiro atoms. The molecule has 24 heavy (non-hydrogen) atoms. The van der Waals surface area contributed by atoms with Crippen LogP contribution >= 0.6 is 15.9 Å². The van der Waals surface area contributed by atoms with Crippen LogP contribution in [0.25, 0.3) is 0 Å². The van der Waals surface area contributed by atoms with E-state index in [0.717, 1.165) is 10.0 Å². The molecule has 0 radical (unpaired) electrons. The van der Waals surface area contributed by atoms with Gasteiger partial charge in [-0.1, -0.05) is 28.0 Å². The monoisotopic (exact) mass is 399 g/mol. The zero-order valence-corrected chi connectivity index (χ0v) is 15.7. The van der Waals surface area contributed by atoms with Crippen LogP contribution in [0.15, 0.2) is 27.8 Å². The Morgan fingerprint density at radius 1 is 1.38 bits per heavy atom. The predicted octanol–water partition coefficient (Wildman–Crippen LogP) is 3.31. The van der Waals surface area contributed by atoms with E-state index in [0.29, 0.717) is 37.7 Å². The summed E-state index contributed by atoms with van der Waals surface area (Å²) in [7, 11) is 0. The minimum atomic E-state index is -0.668. The van der Waals surface area contributed by atoms with Crippen LogP contribution in [0, 0.1) is 0 Å². The Labute approximate surface area is 150 Å².